The molecule has 0 amide bonds. The minimum atomic E-state index is 0.218. The molecular weight excluding hydrogens is 248 g/mol. The van der Waals surface area contributed by atoms with Crippen LogP contribution in [-0.4, -0.2) is 10.1 Å². The predicted molar refractivity (Wildman–Crippen MR) is 82.6 cm³/mol. The van der Waals surface area contributed by atoms with Gasteiger partial charge in [0, 0.05) is 5.39 Å². The first kappa shape index (κ1) is 12.5. The Bertz CT molecular complexity index is 781. The summed E-state index contributed by atoms with van der Waals surface area (Å²) in [6.45, 7) is 4.15. The highest BCUT2D eigenvalue weighted by Gasteiger charge is 2.05. The van der Waals surface area contributed by atoms with E-state index in [0.29, 0.717) is 5.69 Å². The Morgan fingerprint density at radius 3 is 2.60 bits per heavy atom. The molecule has 1 aromatic heterocycles. The quantitative estimate of drug-likeness (QED) is 0.678. The number of phenols is 1. The summed E-state index contributed by atoms with van der Waals surface area (Å²) >= 11 is 0. The first-order valence-corrected chi connectivity index (χ1v) is 6.56. The summed E-state index contributed by atoms with van der Waals surface area (Å²) in [5, 5.41) is 14.1. The molecule has 0 aliphatic rings. The fourth-order valence-electron chi connectivity index (χ4n) is 2.29. The van der Waals surface area contributed by atoms with Crippen LogP contribution in [0.3, 0.4) is 0 Å². The Morgan fingerprint density at radius 2 is 1.80 bits per heavy atom. The number of anilines is 2. The third-order valence-electron chi connectivity index (χ3n) is 3.34. The van der Waals surface area contributed by atoms with Gasteiger partial charge in [-0.3, -0.25) is 0 Å². The minimum Gasteiger partial charge on any atom is -0.506 e. The lowest BCUT2D eigenvalue weighted by Crippen LogP contribution is -1.96. The van der Waals surface area contributed by atoms with Crippen LogP contribution in [0.1, 0.15) is 11.1 Å². The number of hydrogen-bond acceptors (Lipinski definition) is 3. The van der Waals surface area contributed by atoms with Crippen molar-refractivity contribution in [2.45, 2.75) is 13.8 Å². The zero-order valence-electron chi connectivity index (χ0n) is 11.5. The number of para-hydroxylation sites is 2. The van der Waals surface area contributed by atoms with E-state index in [2.05, 4.69) is 36.3 Å². The third kappa shape index (κ3) is 2.30. The van der Waals surface area contributed by atoms with Gasteiger partial charge in [0.05, 0.1) is 11.2 Å². The Balaban J connectivity index is 2.05. The molecule has 0 unspecified atom stereocenters. The van der Waals surface area contributed by atoms with Gasteiger partial charge in [-0.2, -0.15) is 0 Å². The van der Waals surface area contributed by atoms with Gasteiger partial charge in [0.25, 0.3) is 0 Å². The fraction of sp³-hybridized carbons (Fsp3) is 0.118. The predicted octanol–water partition coefficient (Wildman–Crippen LogP) is 4.30. The molecule has 0 fully saturated rings. The Morgan fingerprint density at radius 1 is 1.00 bits per heavy atom. The molecule has 0 atom stereocenters. The van der Waals surface area contributed by atoms with Crippen LogP contribution in [0.4, 0.5) is 11.5 Å². The van der Waals surface area contributed by atoms with Gasteiger partial charge in [0.2, 0.25) is 0 Å². The van der Waals surface area contributed by atoms with E-state index < -0.39 is 0 Å². The van der Waals surface area contributed by atoms with Gasteiger partial charge in [-0.1, -0.05) is 23.8 Å². The van der Waals surface area contributed by atoms with E-state index in [1.54, 1.807) is 12.1 Å². The molecule has 3 aromatic rings. The van der Waals surface area contributed by atoms with E-state index in [1.165, 1.54) is 5.56 Å². The number of fused-ring (bicyclic) bond motifs is 1. The number of aryl methyl sites for hydroxylation is 2. The third-order valence-corrected chi connectivity index (χ3v) is 3.34. The van der Waals surface area contributed by atoms with E-state index in [1.807, 2.05) is 24.3 Å². The lowest BCUT2D eigenvalue weighted by atomic mass is 10.1. The van der Waals surface area contributed by atoms with Gasteiger partial charge in [0.1, 0.15) is 11.6 Å². The normalized spacial score (nSPS) is 10.7. The number of aromatic nitrogens is 1. The topological polar surface area (TPSA) is 45.2 Å². The summed E-state index contributed by atoms with van der Waals surface area (Å²) in [4.78, 5) is 4.59. The molecule has 0 aliphatic heterocycles. The van der Waals surface area contributed by atoms with Gasteiger partial charge < -0.3 is 10.4 Å². The van der Waals surface area contributed by atoms with Crippen molar-refractivity contribution >= 4 is 22.4 Å². The van der Waals surface area contributed by atoms with Crippen molar-refractivity contribution in [2.75, 3.05) is 5.32 Å². The number of pyridine rings is 1. The lowest BCUT2D eigenvalue weighted by Gasteiger charge is -2.10. The van der Waals surface area contributed by atoms with Crippen LogP contribution in [0.25, 0.3) is 10.9 Å². The van der Waals surface area contributed by atoms with E-state index in [4.69, 9.17) is 0 Å². The lowest BCUT2D eigenvalue weighted by molar-refractivity contribution is 0.477. The van der Waals surface area contributed by atoms with E-state index >= 15 is 0 Å². The Hall–Kier alpha value is -2.55. The first-order valence-electron chi connectivity index (χ1n) is 6.56. The molecule has 0 bridgehead atoms. The highest BCUT2D eigenvalue weighted by Crippen LogP contribution is 2.27. The summed E-state index contributed by atoms with van der Waals surface area (Å²) in [5.74, 6) is 0.955. The highest BCUT2D eigenvalue weighted by atomic mass is 16.3. The molecule has 0 spiro atoms. The summed E-state index contributed by atoms with van der Waals surface area (Å²) in [7, 11) is 0. The monoisotopic (exact) mass is 264 g/mol. The maximum absolute atomic E-state index is 9.80. The van der Waals surface area contributed by atoms with E-state index in [9.17, 15) is 5.11 Å². The number of nitrogens with zero attached hydrogens (tertiary/aromatic N) is 1. The van der Waals surface area contributed by atoms with Crippen molar-refractivity contribution in [2.24, 2.45) is 0 Å². The van der Waals surface area contributed by atoms with Crippen LogP contribution in [0.2, 0.25) is 0 Å². The van der Waals surface area contributed by atoms with Crippen molar-refractivity contribution < 1.29 is 5.11 Å². The minimum absolute atomic E-state index is 0.218. The fourth-order valence-corrected chi connectivity index (χ4v) is 2.29. The van der Waals surface area contributed by atoms with Crippen molar-refractivity contribution in [3.8, 4) is 5.75 Å². The maximum Gasteiger partial charge on any atom is 0.139 e. The number of rotatable bonds is 2. The van der Waals surface area contributed by atoms with Gasteiger partial charge in [-0.15, -0.1) is 0 Å². The number of hydrogen-bond donors (Lipinski definition) is 2. The summed E-state index contributed by atoms with van der Waals surface area (Å²) in [6.07, 6.45) is 0. The maximum atomic E-state index is 9.80. The second kappa shape index (κ2) is 4.85. The average molecular weight is 264 g/mol. The van der Waals surface area contributed by atoms with Crippen LogP contribution in [0.5, 0.6) is 5.75 Å². The number of nitrogens with one attached hydrogen (secondary N) is 1. The standard InChI is InChI=1S/C17H16N2O/c1-11-7-8-14-13(9-11)12(2)10-17(18-14)19-15-5-3-4-6-16(15)20/h3-10,20H,1-2H3,(H,18,19). The van der Waals surface area contributed by atoms with E-state index in [0.717, 1.165) is 22.3 Å². The second-order valence-corrected chi connectivity index (χ2v) is 4.99. The Labute approximate surface area is 117 Å². The van der Waals surface area contributed by atoms with Crippen LogP contribution >= 0.6 is 0 Å². The van der Waals surface area contributed by atoms with E-state index in [-0.39, 0.29) is 5.75 Å². The molecule has 3 nitrogen and oxygen atoms in total. The molecule has 0 saturated heterocycles. The molecule has 100 valence electrons. The molecule has 3 rings (SSSR count). The van der Waals surface area contributed by atoms with Crippen molar-refractivity contribution in [1.82, 2.24) is 4.98 Å². The molecule has 0 saturated carbocycles. The van der Waals surface area contributed by atoms with Crippen molar-refractivity contribution in [3.05, 3.63) is 59.7 Å². The smallest absolute Gasteiger partial charge is 0.139 e. The number of benzene rings is 2. The molecule has 1 heterocycles. The summed E-state index contributed by atoms with van der Waals surface area (Å²) in [5.41, 5.74) is 4.00. The largest absolute Gasteiger partial charge is 0.506 e. The summed E-state index contributed by atoms with van der Waals surface area (Å²) < 4.78 is 0. The zero-order chi connectivity index (χ0) is 14.1. The van der Waals surface area contributed by atoms with Crippen LogP contribution in [0, 0.1) is 13.8 Å². The molecule has 20 heavy (non-hydrogen) atoms. The number of phenolic OH excluding ortho intramolecular Hbond substituents is 1. The van der Waals surface area contributed by atoms with Crippen LogP contribution in [0.15, 0.2) is 48.5 Å². The zero-order valence-corrected chi connectivity index (χ0v) is 11.5. The van der Waals surface area contributed by atoms with Crippen molar-refractivity contribution in [3.63, 3.8) is 0 Å². The van der Waals surface area contributed by atoms with Crippen LogP contribution < -0.4 is 5.32 Å². The first-order chi connectivity index (χ1) is 9.63. The highest BCUT2D eigenvalue weighted by molar-refractivity contribution is 5.85. The summed E-state index contributed by atoms with van der Waals surface area (Å²) in [6, 6.07) is 15.4. The molecule has 0 radical (unpaired) electrons. The van der Waals surface area contributed by atoms with Gasteiger partial charge in [-0.25, -0.2) is 4.98 Å². The molecular formula is C17H16N2O. The second-order valence-electron chi connectivity index (χ2n) is 4.99. The van der Waals surface area contributed by atoms with Gasteiger partial charge in [-0.05, 0) is 49.7 Å². The molecule has 3 heteroatoms. The van der Waals surface area contributed by atoms with Gasteiger partial charge in [0.15, 0.2) is 0 Å². The molecule has 0 aliphatic carbocycles. The van der Waals surface area contributed by atoms with Gasteiger partial charge >= 0.3 is 0 Å². The SMILES string of the molecule is Cc1ccc2nc(Nc3ccccc3O)cc(C)c2c1. The molecule has 2 aromatic carbocycles. The molecule has 2 N–H and O–H groups in total. The van der Waals surface area contributed by atoms with Crippen molar-refractivity contribution in [1.29, 1.82) is 0 Å². The number of aromatic hydroxyl groups is 1. The Kier molecular flexibility index (Phi) is 3.03. The average Bonchev–Trinajstić information content (AvgIpc) is 2.42. The van der Waals surface area contributed by atoms with Crippen LogP contribution in [-0.2, 0) is 0 Å².